The van der Waals surface area contributed by atoms with Crippen LogP contribution in [0.3, 0.4) is 0 Å². The van der Waals surface area contributed by atoms with Crippen molar-refractivity contribution < 1.29 is 9.15 Å². The van der Waals surface area contributed by atoms with Crippen molar-refractivity contribution in [3.05, 3.63) is 70.2 Å². The zero-order valence-corrected chi connectivity index (χ0v) is 13.8. The van der Waals surface area contributed by atoms with E-state index in [4.69, 9.17) is 9.15 Å². The summed E-state index contributed by atoms with van der Waals surface area (Å²) >= 11 is 3.43. The highest BCUT2D eigenvalue weighted by Gasteiger charge is 2.04. The summed E-state index contributed by atoms with van der Waals surface area (Å²) in [4.78, 5) is 4.62. The lowest BCUT2D eigenvalue weighted by molar-refractivity contribution is 0.131. The van der Waals surface area contributed by atoms with Gasteiger partial charge >= 0.3 is 0 Å². The van der Waals surface area contributed by atoms with Crippen molar-refractivity contribution in [2.75, 3.05) is 6.61 Å². The van der Waals surface area contributed by atoms with Crippen LogP contribution in [0.25, 0.3) is 11.0 Å². The van der Waals surface area contributed by atoms with Crippen molar-refractivity contribution in [1.82, 2.24) is 0 Å². The maximum Gasteiger partial charge on any atom is 0.225 e. The number of hydrogen-bond donors (Lipinski definition) is 0. The molecule has 0 N–H and O–H groups in total. The fourth-order valence-corrected chi connectivity index (χ4v) is 2.42. The second-order valence-corrected chi connectivity index (χ2v) is 5.76. The van der Waals surface area contributed by atoms with Crippen LogP contribution >= 0.6 is 15.9 Å². The quantitative estimate of drug-likeness (QED) is 0.660. The Labute approximate surface area is 137 Å². The van der Waals surface area contributed by atoms with E-state index in [1.165, 1.54) is 0 Å². The van der Waals surface area contributed by atoms with Gasteiger partial charge in [0.05, 0.1) is 12.3 Å². The summed E-state index contributed by atoms with van der Waals surface area (Å²) in [5.41, 5.74) is 3.21. The van der Waals surface area contributed by atoms with E-state index in [1.807, 2.05) is 55.5 Å². The van der Waals surface area contributed by atoms with Crippen LogP contribution in [0, 0.1) is 0 Å². The number of ether oxygens (including phenoxy) is 1. The van der Waals surface area contributed by atoms with Crippen LogP contribution in [-0.4, -0.2) is 6.61 Å². The monoisotopic (exact) mass is 357 g/mol. The van der Waals surface area contributed by atoms with Gasteiger partial charge in [-0.1, -0.05) is 34.1 Å². The Morgan fingerprint density at radius 2 is 1.86 bits per heavy atom. The van der Waals surface area contributed by atoms with E-state index < -0.39 is 0 Å². The summed E-state index contributed by atoms with van der Waals surface area (Å²) in [5, 5.41) is 1.05. The van der Waals surface area contributed by atoms with Gasteiger partial charge in [0, 0.05) is 22.0 Å². The number of hydrogen-bond acceptors (Lipinski definition) is 3. The smallest absolute Gasteiger partial charge is 0.225 e. The van der Waals surface area contributed by atoms with Gasteiger partial charge in [0.25, 0.3) is 0 Å². The average molecular weight is 358 g/mol. The molecule has 3 rings (SSSR count). The summed E-state index contributed by atoms with van der Waals surface area (Å²) in [6, 6.07) is 17.8. The van der Waals surface area contributed by atoms with Gasteiger partial charge in [0.15, 0.2) is 0 Å². The predicted octanol–water partition coefficient (Wildman–Crippen LogP) is 4.96. The van der Waals surface area contributed by atoms with Gasteiger partial charge in [-0.2, -0.15) is 0 Å². The Bertz CT molecular complexity index is 838. The summed E-state index contributed by atoms with van der Waals surface area (Å²) in [6.07, 6.45) is 0. The van der Waals surface area contributed by atoms with E-state index in [-0.39, 0.29) is 0 Å². The Hall–Kier alpha value is -1.91. The molecule has 0 saturated heterocycles. The SMILES string of the molecule is CCOCc1cc2ccccc2o/c1=N\c1ccc(Br)cc1. The first-order valence-electron chi connectivity index (χ1n) is 7.16. The minimum atomic E-state index is 0.486. The maximum atomic E-state index is 5.97. The molecular weight excluding hydrogens is 342 g/mol. The molecule has 3 nitrogen and oxygen atoms in total. The Morgan fingerprint density at radius 1 is 1.09 bits per heavy atom. The highest BCUT2D eigenvalue weighted by atomic mass is 79.9. The summed E-state index contributed by atoms with van der Waals surface area (Å²) in [5.74, 6) is 0. The highest BCUT2D eigenvalue weighted by Crippen LogP contribution is 2.18. The van der Waals surface area contributed by atoms with Gasteiger partial charge in [-0.05, 0) is 43.3 Å². The van der Waals surface area contributed by atoms with Crippen LogP contribution in [0.2, 0.25) is 0 Å². The van der Waals surface area contributed by atoms with Gasteiger partial charge in [0.1, 0.15) is 5.58 Å². The largest absolute Gasteiger partial charge is 0.438 e. The van der Waals surface area contributed by atoms with Crippen molar-refractivity contribution in [3.8, 4) is 0 Å². The van der Waals surface area contributed by atoms with E-state index in [0.29, 0.717) is 18.8 Å². The van der Waals surface area contributed by atoms with E-state index >= 15 is 0 Å². The van der Waals surface area contributed by atoms with Crippen LogP contribution < -0.4 is 5.55 Å². The molecule has 1 aromatic heterocycles. The molecule has 2 aromatic carbocycles. The molecule has 0 saturated carbocycles. The normalized spacial score (nSPS) is 12.0. The minimum absolute atomic E-state index is 0.486. The molecule has 0 radical (unpaired) electrons. The minimum Gasteiger partial charge on any atom is -0.438 e. The zero-order valence-electron chi connectivity index (χ0n) is 12.3. The van der Waals surface area contributed by atoms with Crippen molar-refractivity contribution >= 4 is 32.6 Å². The van der Waals surface area contributed by atoms with Gasteiger partial charge in [-0.15, -0.1) is 0 Å². The predicted molar refractivity (Wildman–Crippen MR) is 90.9 cm³/mol. The fraction of sp³-hybridized carbons (Fsp3) is 0.167. The molecule has 1 heterocycles. The number of rotatable bonds is 4. The highest BCUT2D eigenvalue weighted by molar-refractivity contribution is 9.10. The molecule has 0 aliphatic heterocycles. The number of para-hydroxylation sites is 1. The van der Waals surface area contributed by atoms with Gasteiger partial charge in [0.2, 0.25) is 5.55 Å². The molecule has 0 aliphatic carbocycles. The van der Waals surface area contributed by atoms with E-state index in [1.54, 1.807) is 0 Å². The topological polar surface area (TPSA) is 34.7 Å². The molecule has 0 fully saturated rings. The summed E-state index contributed by atoms with van der Waals surface area (Å²) < 4.78 is 12.5. The lowest BCUT2D eigenvalue weighted by Gasteiger charge is -2.05. The Morgan fingerprint density at radius 3 is 2.64 bits per heavy atom. The third kappa shape index (κ3) is 3.46. The van der Waals surface area contributed by atoms with E-state index in [9.17, 15) is 0 Å². The third-order valence-electron chi connectivity index (χ3n) is 3.25. The maximum absolute atomic E-state index is 5.97. The number of fused-ring (bicyclic) bond motifs is 1. The van der Waals surface area contributed by atoms with Crippen molar-refractivity contribution in [3.63, 3.8) is 0 Å². The summed E-state index contributed by atoms with van der Waals surface area (Å²) in [7, 11) is 0. The van der Waals surface area contributed by atoms with Crippen LogP contribution in [0.4, 0.5) is 5.69 Å². The van der Waals surface area contributed by atoms with Crippen molar-refractivity contribution in [2.45, 2.75) is 13.5 Å². The number of halogens is 1. The van der Waals surface area contributed by atoms with Crippen LogP contribution in [0.1, 0.15) is 12.5 Å². The van der Waals surface area contributed by atoms with Gasteiger partial charge < -0.3 is 9.15 Å². The van der Waals surface area contributed by atoms with Gasteiger partial charge in [-0.3, -0.25) is 0 Å². The first kappa shape index (κ1) is 15.0. The molecule has 22 heavy (non-hydrogen) atoms. The number of benzene rings is 2. The third-order valence-corrected chi connectivity index (χ3v) is 3.78. The molecule has 4 heteroatoms. The number of nitrogens with zero attached hydrogens (tertiary/aromatic N) is 1. The second-order valence-electron chi connectivity index (χ2n) is 4.84. The standard InChI is InChI=1S/C18H16BrNO2/c1-2-21-12-14-11-13-5-3-4-6-17(13)22-18(14)20-16-9-7-15(19)8-10-16/h3-11H,2,12H2,1H3/b20-18-. The molecule has 112 valence electrons. The second kappa shape index (κ2) is 6.90. The van der Waals surface area contributed by atoms with Crippen molar-refractivity contribution in [2.24, 2.45) is 4.99 Å². The fourth-order valence-electron chi connectivity index (χ4n) is 2.15. The first-order chi connectivity index (χ1) is 10.8. The molecule has 0 aliphatic rings. The molecule has 3 aromatic rings. The first-order valence-corrected chi connectivity index (χ1v) is 7.95. The van der Waals surface area contributed by atoms with Crippen LogP contribution in [-0.2, 0) is 11.3 Å². The molecule has 0 bridgehead atoms. The van der Waals surface area contributed by atoms with E-state index in [2.05, 4.69) is 27.0 Å². The lowest BCUT2D eigenvalue weighted by atomic mass is 10.2. The van der Waals surface area contributed by atoms with Crippen LogP contribution in [0.15, 0.2) is 68.5 Å². The molecular formula is C18H16BrNO2. The Kier molecular flexibility index (Phi) is 4.71. The van der Waals surface area contributed by atoms with E-state index in [0.717, 1.165) is 26.7 Å². The van der Waals surface area contributed by atoms with Crippen molar-refractivity contribution in [1.29, 1.82) is 0 Å². The molecule has 0 spiro atoms. The molecule has 0 unspecified atom stereocenters. The van der Waals surface area contributed by atoms with Crippen LogP contribution in [0.5, 0.6) is 0 Å². The Balaban J connectivity index is 2.14. The molecule has 0 amide bonds. The average Bonchev–Trinajstić information content (AvgIpc) is 2.55. The summed E-state index contributed by atoms with van der Waals surface area (Å²) in [6.45, 7) is 3.12. The zero-order chi connectivity index (χ0) is 15.4. The molecule has 0 atom stereocenters. The lowest BCUT2D eigenvalue weighted by Crippen LogP contribution is -2.10. The van der Waals surface area contributed by atoms with Gasteiger partial charge in [-0.25, -0.2) is 4.99 Å².